The Balaban J connectivity index is 2.00. The molecule has 0 atom stereocenters. The molecule has 0 bridgehead atoms. The maximum absolute atomic E-state index is 12.3. The summed E-state index contributed by atoms with van der Waals surface area (Å²) in [7, 11) is 0. The molecule has 5 nitrogen and oxygen atoms in total. The Labute approximate surface area is 138 Å². The Bertz CT molecular complexity index is 859. The van der Waals surface area contributed by atoms with Crippen LogP contribution in [0, 0.1) is 0 Å². The largest absolute Gasteiger partial charge is 0.366 e. The summed E-state index contributed by atoms with van der Waals surface area (Å²) in [5.74, 6) is -0.762. The molecule has 0 fully saturated rings. The predicted octanol–water partition coefficient (Wildman–Crippen LogP) is 3.23. The number of anilines is 2. The number of hydrogen-bond acceptors (Lipinski definition) is 3. The van der Waals surface area contributed by atoms with Crippen molar-refractivity contribution in [3.8, 4) is 0 Å². The molecule has 0 aromatic heterocycles. The summed E-state index contributed by atoms with van der Waals surface area (Å²) < 4.78 is 0. The molecule has 0 unspecified atom stereocenters. The smallest absolute Gasteiger partial charge is 0.258 e. The van der Waals surface area contributed by atoms with Gasteiger partial charge in [-0.2, -0.15) is 0 Å². The van der Waals surface area contributed by atoms with E-state index in [0.29, 0.717) is 27.5 Å². The summed E-state index contributed by atoms with van der Waals surface area (Å²) in [5, 5.41) is 6.53. The second-order valence-corrected chi connectivity index (χ2v) is 5.65. The minimum atomic E-state index is -0.534. The third-order valence-electron chi connectivity index (χ3n) is 3.58. The minimum Gasteiger partial charge on any atom is -0.366 e. The predicted molar refractivity (Wildman–Crippen MR) is 91.3 cm³/mol. The molecule has 1 heterocycles. The third kappa shape index (κ3) is 2.91. The van der Waals surface area contributed by atoms with Gasteiger partial charge in [-0.25, -0.2) is 0 Å². The van der Waals surface area contributed by atoms with Crippen molar-refractivity contribution in [1.82, 2.24) is 0 Å². The van der Waals surface area contributed by atoms with E-state index in [1.165, 1.54) is 0 Å². The van der Waals surface area contributed by atoms with Crippen LogP contribution in [0.4, 0.5) is 11.4 Å². The van der Waals surface area contributed by atoms with E-state index in [1.807, 2.05) is 19.1 Å². The lowest BCUT2D eigenvalue weighted by molar-refractivity contribution is -0.110. The van der Waals surface area contributed by atoms with Gasteiger partial charge in [0.25, 0.3) is 5.91 Å². The number of nitrogens with two attached hydrogens (primary N) is 1. The maximum atomic E-state index is 12.3. The summed E-state index contributed by atoms with van der Waals surface area (Å²) >= 11 is 5.97. The Hall–Kier alpha value is -2.79. The number of benzene rings is 2. The van der Waals surface area contributed by atoms with Crippen molar-refractivity contribution in [2.75, 3.05) is 10.6 Å². The van der Waals surface area contributed by atoms with Crippen LogP contribution in [-0.4, -0.2) is 11.8 Å². The number of carbonyl (C=O) groups excluding carboxylic acids is 2. The van der Waals surface area contributed by atoms with Gasteiger partial charge < -0.3 is 16.4 Å². The summed E-state index contributed by atoms with van der Waals surface area (Å²) in [6.45, 7) is 1.81. The van der Waals surface area contributed by atoms with Gasteiger partial charge in [-0.3, -0.25) is 9.59 Å². The molecule has 4 N–H and O–H groups in total. The van der Waals surface area contributed by atoms with Crippen LogP contribution < -0.4 is 16.4 Å². The topological polar surface area (TPSA) is 84.2 Å². The number of allylic oxidation sites excluding steroid dienone is 1. The highest BCUT2D eigenvalue weighted by Gasteiger charge is 2.27. The molecule has 2 aromatic rings. The van der Waals surface area contributed by atoms with Gasteiger partial charge in [0.05, 0.1) is 5.57 Å². The monoisotopic (exact) mass is 327 g/mol. The van der Waals surface area contributed by atoms with Gasteiger partial charge in [0, 0.05) is 33.2 Å². The lowest BCUT2D eigenvalue weighted by Crippen LogP contribution is -2.11. The Morgan fingerprint density at radius 3 is 2.70 bits per heavy atom. The zero-order valence-corrected chi connectivity index (χ0v) is 13.1. The normalized spacial score (nSPS) is 15.0. The SMILES string of the molecule is C/C(Nc1cccc(Cl)c1)=C1/C(=O)Nc2cc(C(N)=O)ccc21. The first-order valence-corrected chi connectivity index (χ1v) is 7.32. The van der Waals surface area contributed by atoms with Gasteiger partial charge in [-0.1, -0.05) is 23.7 Å². The number of primary amides is 1. The molecule has 0 spiro atoms. The van der Waals surface area contributed by atoms with Gasteiger partial charge >= 0.3 is 0 Å². The third-order valence-corrected chi connectivity index (χ3v) is 3.82. The number of amides is 2. The molecule has 1 aliphatic rings. The average Bonchev–Trinajstić information content (AvgIpc) is 2.81. The first-order chi connectivity index (χ1) is 11.0. The summed E-state index contributed by atoms with van der Waals surface area (Å²) in [6.07, 6.45) is 0. The molecule has 116 valence electrons. The van der Waals surface area contributed by atoms with Crippen LogP contribution in [0.3, 0.4) is 0 Å². The number of nitrogens with one attached hydrogen (secondary N) is 2. The first kappa shape index (κ1) is 15.1. The Morgan fingerprint density at radius 1 is 1.22 bits per heavy atom. The zero-order chi connectivity index (χ0) is 16.6. The van der Waals surface area contributed by atoms with Gasteiger partial charge in [-0.15, -0.1) is 0 Å². The van der Waals surface area contributed by atoms with Crippen LogP contribution in [0.2, 0.25) is 5.02 Å². The molecule has 2 aromatic carbocycles. The van der Waals surface area contributed by atoms with Crippen molar-refractivity contribution in [1.29, 1.82) is 0 Å². The van der Waals surface area contributed by atoms with Crippen LogP contribution in [0.25, 0.3) is 5.57 Å². The van der Waals surface area contributed by atoms with E-state index in [9.17, 15) is 9.59 Å². The summed E-state index contributed by atoms with van der Waals surface area (Å²) in [6, 6.07) is 12.1. The van der Waals surface area contributed by atoms with E-state index in [-0.39, 0.29) is 5.91 Å². The standard InChI is InChI=1S/C17H14ClN3O2/c1-9(20-12-4-2-3-11(18)8-12)15-13-6-5-10(16(19)22)7-14(13)21-17(15)23/h2-8,20H,1H3,(H2,19,22)(H,21,23)/b15-9-. The molecule has 0 aliphatic carbocycles. The van der Waals surface area contributed by atoms with Gasteiger partial charge in [-0.05, 0) is 37.3 Å². The van der Waals surface area contributed by atoms with E-state index >= 15 is 0 Å². The van der Waals surface area contributed by atoms with Crippen LogP contribution in [0.5, 0.6) is 0 Å². The van der Waals surface area contributed by atoms with E-state index in [0.717, 1.165) is 11.3 Å². The van der Waals surface area contributed by atoms with Crippen molar-refractivity contribution < 1.29 is 9.59 Å². The van der Waals surface area contributed by atoms with Crippen molar-refractivity contribution in [2.24, 2.45) is 5.73 Å². The minimum absolute atomic E-state index is 0.228. The Kier molecular flexibility index (Phi) is 3.80. The highest BCUT2D eigenvalue weighted by atomic mass is 35.5. The molecule has 23 heavy (non-hydrogen) atoms. The molecule has 2 amide bonds. The van der Waals surface area contributed by atoms with Crippen molar-refractivity contribution in [3.05, 3.63) is 64.3 Å². The highest BCUT2D eigenvalue weighted by Crippen LogP contribution is 2.34. The fourth-order valence-corrected chi connectivity index (χ4v) is 2.73. The van der Waals surface area contributed by atoms with Crippen LogP contribution in [-0.2, 0) is 4.79 Å². The van der Waals surface area contributed by atoms with Gasteiger partial charge in [0.2, 0.25) is 5.91 Å². The summed E-state index contributed by atoms with van der Waals surface area (Å²) in [4.78, 5) is 23.5. The van der Waals surface area contributed by atoms with Gasteiger partial charge in [0.1, 0.15) is 0 Å². The second kappa shape index (κ2) is 5.78. The zero-order valence-electron chi connectivity index (χ0n) is 12.3. The number of carbonyl (C=O) groups is 2. The second-order valence-electron chi connectivity index (χ2n) is 5.21. The molecule has 1 aliphatic heterocycles. The fraction of sp³-hybridized carbons (Fsp3) is 0.0588. The van der Waals surface area contributed by atoms with Crippen LogP contribution in [0.1, 0.15) is 22.8 Å². The number of halogens is 1. The molecule has 3 rings (SSSR count). The molecule has 0 saturated carbocycles. The molecular weight excluding hydrogens is 314 g/mol. The van der Waals surface area contributed by atoms with E-state index in [1.54, 1.807) is 30.3 Å². The molecule has 0 saturated heterocycles. The van der Waals surface area contributed by atoms with Crippen molar-refractivity contribution in [3.63, 3.8) is 0 Å². The average molecular weight is 328 g/mol. The van der Waals surface area contributed by atoms with E-state index in [2.05, 4.69) is 10.6 Å². The van der Waals surface area contributed by atoms with Crippen molar-refractivity contribution >= 4 is 40.4 Å². The highest BCUT2D eigenvalue weighted by molar-refractivity contribution is 6.33. The van der Waals surface area contributed by atoms with Gasteiger partial charge in [0.15, 0.2) is 0 Å². The first-order valence-electron chi connectivity index (χ1n) is 6.95. The summed E-state index contributed by atoms with van der Waals surface area (Å²) in [5.41, 5.74) is 8.93. The van der Waals surface area contributed by atoms with Crippen LogP contribution >= 0.6 is 11.6 Å². The fourth-order valence-electron chi connectivity index (χ4n) is 2.54. The number of fused-ring (bicyclic) bond motifs is 1. The Morgan fingerprint density at radius 2 is 2.00 bits per heavy atom. The van der Waals surface area contributed by atoms with E-state index < -0.39 is 5.91 Å². The number of rotatable bonds is 3. The molecule has 0 radical (unpaired) electrons. The van der Waals surface area contributed by atoms with Crippen molar-refractivity contribution in [2.45, 2.75) is 6.92 Å². The molecular formula is C17H14ClN3O2. The molecule has 6 heteroatoms. The van der Waals surface area contributed by atoms with E-state index in [4.69, 9.17) is 17.3 Å². The van der Waals surface area contributed by atoms with Crippen LogP contribution in [0.15, 0.2) is 48.2 Å². The quantitative estimate of drug-likeness (QED) is 0.757. The number of hydrogen-bond donors (Lipinski definition) is 3. The lowest BCUT2D eigenvalue weighted by Gasteiger charge is -2.10. The maximum Gasteiger partial charge on any atom is 0.258 e. The lowest BCUT2D eigenvalue weighted by atomic mass is 10.0.